The van der Waals surface area contributed by atoms with E-state index in [9.17, 15) is 9.18 Å². The summed E-state index contributed by atoms with van der Waals surface area (Å²) in [5, 5.41) is 11.7. The second-order valence-electron chi connectivity index (χ2n) is 3.98. The summed E-state index contributed by atoms with van der Waals surface area (Å²) in [6.45, 7) is 0.469. The number of aromatic carboxylic acids is 1. The van der Waals surface area contributed by atoms with E-state index in [1.54, 1.807) is 0 Å². The number of hydrogen-bond acceptors (Lipinski definition) is 2. The van der Waals surface area contributed by atoms with Crippen molar-refractivity contribution < 1.29 is 14.3 Å². The summed E-state index contributed by atoms with van der Waals surface area (Å²) in [7, 11) is 0. The molecule has 0 aromatic heterocycles. The highest BCUT2D eigenvalue weighted by molar-refractivity contribution is 9.10. The standard InChI is InChI=1S/C14H11BrFNO2/c15-11-4-1-9(2-5-11)8-17-13-6-3-10(14(18)19)7-12(13)16/h1-7,17H,8H2,(H,18,19). The first kappa shape index (κ1) is 13.5. The summed E-state index contributed by atoms with van der Waals surface area (Å²) in [5.74, 6) is -1.71. The molecule has 0 atom stereocenters. The molecule has 0 aliphatic rings. The van der Waals surface area contributed by atoms with Gasteiger partial charge in [-0.3, -0.25) is 0 Å². The van der Waals surface area contributed by atoms with Gasteiger partial charge >= 0.3 is 5.97 Å². The first-order valence-electron chi connectivity index (χ1n) is 5.57. The van der Waals surface area contributed by atoms with Crippen LogP contribution in [0, 0.1) is 5.82 Å². The van der Waals surface area contributed by atoms with Crippen molar-refractivity contribution in [3.05, 3.63) is 63.9 Å². The Labute approximate surface area is 118 Å². The van der Waals surface area contributed by atoms with Crippen molar-refractivity contribution in [1.29, 1.82) is 0 Å². The Bertz CT molecular complexity index is 599. The number of hydrogen-bond donors (Lipinski definition) is 2. The minimum Gasteiger partial charge on any atom is -0.478 e. The van der Waals surface area contributed by atoms with Crippen LogP contribution in [0.25, 0.3) is 0 Å². The van der Waals surface area contributed by atoms with Crippen LogP contribution in [-0.4, -0.2) is 11.1 Å². The average Bonchev–Trinajstić information content (AvgIpc) is 2.39. The third-order valence-electron chi connectivity index (χ3n) is 2.61. The van der Waals surface area contributed by atoms with Gasteiger partial charge in [-0.25, -0.2) is 9.18 Å². The Morgan fingerprint density at radius 3 is 2.47 bits per heavy atom. The van der Waals surface area contributed by atoms with E-state index >= 15 is 0 Å². The minimum atomic E-state index is -1.14. The molecule has 5 heteroatoms. The molecule has 0 bridgehead atoms. The van der Waals surface area contributed by atoms with Gasteiger partial charge in [-0.05, 0) is 35.9 Å². The predicted molar refractivity (Wildman–Crippen MR) is 74.8 cm³/mol. The maximum absolute atomic E-state index is 13.6. The van der Waals surface area contributed by atoms with Crippen molar-refractivity contribution in [3.63, 3.8) is 0 Å². The van der Waals surface area contributed by atoms with Crippen molar-refractivity contribution in [2.75, 3.05) is 5.32 Å². The quantitative estimate of drug-likeness (QED) is 0.897. The maximum Gasteiger partial charge on any atom is 0.335 e. The van der Waals surface area contributed by atoms with Crippen molar-refractivity contribution in [3.8, 4) is 0 Å². The molecule has 0 saturated heterocycles. The normalized spacial score (nSPS) is 10.2. The van der Waals surface area contributed by atoms with E-state index in [-0.39, 0.29) is 11.3 Å². The van der Waals surface area contributed by atoms with E-state index < -0.39 is 11.8 Å². The topological polar surface area (TPSA) is 49.3 Å². The van der Waals surface area contributed by atoms with Crippen LogP contribution < -0.4 is 5.32 Å². The molecule has 2 aromatic carbocycles. The highest BCUT2D eigenvalue weighted by Crippen LogP contribution is 2.17. The maximum atomic E-state index is 13.6. The molecular formula is C14H11BrFNO2. The lowest BCUT2D eigenvalue weighted by Gasteiger charge is -2.08. The number of carboxylic acid groups (broad SMARTS) is 1. The largest absolute Gasteiger partial charge is 0.478 e. The summed E-state index contributed by atoms with van der Waals surface area (Å²) in [4.78, 5) is 10.7. The van der Waals surface area contributed by atoms with Crippen LogP contribution in [0.4, 0.5) is 10.1 Å². The smallest absolute Gasteiger partial charge is 0.335 e. The molecule has 0 aliphatic carbocycles. The van der Waals surface area contributed by atoms with E-state index in [0.29, 0.717) is 6.54 Å². The van der Waals surface area contributed by atoms with E-state index in [1.165, 1.54) is 12.1 Å². The summed E-state index contributed by atoms with van der Waals surface area (Å²) in [6.07, 6.45) is 0. The van der Waals surface area contributed by atoms with Gasteiger partial charge in [0, 0.05) is 11.0 Å². The minimum absolute atomic E-state index is 0.0632. The highest BCUT2D eigenvalue weighted by atomic mass is 79.9. The molecule has 0 saturated carbocycles. The van der Waals surface area contributed by atoms with Gasteiger partial charge in [0.2, 0.25) is 0 Å². The van der Waals surface area contributed by atoms with E-state index in [2.05, 4.69) is 21.2 Å². The fraction of sp³-hybridized carbons (Fsp3) is 0.0714. The summed E-state index contributed by atoms with van der Waals surface area (Å²) >= 11 is 3.34. The van der Waals surface area contributed by atoms with Crippen molar-refractivity contribution >= 4 is 27.6 Å². The molecule has 0 radical (unpaired) electrons. The SMILES string of the molecule is O=C(O)c1ccc(NCc2ccc(Br)cc2)c(F)c1. The summed E-state index contributed by atoms with van der Waals surface area (Å²) in [6, 6.07) is 11.4. The molecule has 2 rings (SSSR count). The number of benzene rings is 2. The molecule has 0 fully saturated rings. The van der Waals surface area contributed by atoms with Gasteiger partial charge in [-0.1, -0.05) is 28.1 Å². The summed E-state index contributed by atoms with van der Waals surface area (Å²) in [5.41, 5.74) is 1.23. The van der Waals surface area contributed by atoms with Crippen LogP contribution in [-0.2, 0) is 6.54 Å². The van der Waals surface area contributed by atoms with Crippen LogP contribution >= 0.6 is 15.9 Å². The van der Waals surface area contributed by atoms with Gasteiger partial charge in [0.25, 0.3) is 0 Å². The fourth-order valence-electron chi connectivity index (χ4n) is 1.59. The molecule has 2 N–H and O–H groups in total. The van der Waals surface area contributed by atoms with Gasteiger partial charge < -0.3 is 10.4 Å². The molecule has 0 amide bonds. The molecule has 0 heterocycles. The number of carboxylic acids is 1. The zero-order chi connectivity index (χ0) is 13.8. The van der Waals surface area contributed by atoms with Crippen LogP contribution in [0.15, 0.2) is 46.9 Å². The second-order valence-corrected chi connectivity index (χ2v) is 4.90. The summed E-state index contributed by atoms with van der Waals surface area (Å²) < 4.78 is 14.6. The fourth-order valence-corrected chi connectivity index (χ4v) is 1.86. The Kier molecular flexibility index (Phi) is 4.16. The van der Waals surface area contributed by atoms with Crippen LogP contribution in [0.2, 0.25) is 0 Å². The van der Waals surface area contributed by atoms with E-state index in [1.807, 2.05) is 24.3 Å². The first-order valence-corrected chi connectivity index (χ1v) is 6.37. The predicted octanol–water partition coefficient (Wildman–Crippen LogP) is 3.90. The number of carbonyl (C=O) groups is 1. The lowest BCUT2D eigenvalue weighted by Crippen LogP contribution is -2.03. The lowest BCUT2D eigenvalue weighted by molar-refractivity contribution is 0.0696. The third-order valence-corrected chi connectivity index (χ3v) is 3.14. The molecule has 0 unspecified atom stereocenters. The highest BCUT2D eigenvalue weighted by Gasteiger charge is 2.07. The Morgan fingerprint density at radius 2 is 1.89 bits per heavy atom. The van der Waals surface area contributed by atoms with Gasteiger partial charge in [-0.15, -0.1) is 0 Å². The van der Waals surface area contributed by atoms with Gasteiger partial charge in [0.1, 0.15) is 5.82 Å². The monoisotopic (exact) mass is 323 g/mol. The van der Waals surface area contributed by atoms with Gasteiger partial charge in [0.15, 0.2) is 0 Å². The van der Waals surface area contributed by atoms with Crippen LogP contribution in [0.1, 0.15) is 15.9 Å². The van der Waals surface area contributed by atoms with Crippen LogP contribution in [0.5, 0.6) is 0 Å². The Hall–Kier alpha value is -1.88. The zero-order valence-electron chi connectivity index (χ0n) is 9.86. The Balaban J connectivity index is 2.07. The lowest BCUT2D eigenvalue weighted by atomic mass is 10.2. The molecule has 0 aliphatic heterocycles. The molecule has 0 spiro atoms. The molecule has 2 aromatic rings. The second kappa shape index (κ2) is 5.84. The number of anilines is 1. The van der Waals surface area contributed by atoms with Crippen molar-refractivity contribution in [2.45, 2.75) is 6.54 Å². The average molecular weight is 324 g/mol. The number of rotatable bonds is 4. The first-order chi connectivity index (χ1) is 9.06. The van der Waals surface area contributed by atoms with Crippen molar-refractivity contribution in [2.24, 2.45) is 0 Å². The molecule has 3 nitrogen and oxygen atoms in total. The molecular weight excluding hydrogens is 313 g/mol. The molecule has 19 heavy (non-hydrogen) atoms. The third kappa shape index (κ3) is 3.54. The number of nitrogens with one attached hydrogen (secondary N) is 1. The zero-order valence-corrected chi connectivity index (χ0v) is 11.4. The van der Waals surface area contributed by atoms with Gasteiger partial charge in [0.05, 0.1) is 11.3 Å². The van der Waals surface area contributed by atoms with E-state index in [0.717, 1.165) is 16.1 Å². The number of halogens is 2. The van der Waals surface area contributed by atoms with E-state index in [4.69, 9.17) is 5.11 Å². The van der Waals surface area contributed by atoms with Gasteiger partial charge in [-0.2, -0.15) is 0 Å². The Morgan fingerprint density at radius 1 is 1.21 bits per heavy atom. The molecule has 98 valence electrons. The van der Waals surface area contributed by atoms with Crippen LogP contribution in [0.3, 0.4) is 0 Å². The van der Waals surface area contributed by atoms with Crippen molar-refractivity contribution in [1.82, 2.24) is 0 Å².